The molecule has 0 radical (unpaired) electrons. The highest BCUT2D eigenvalue weighted by molar-refractivity contribution is 6.28. The average Bonchev–Trinajstić information content (AvgIpc) is 3.83. The largest absolute Gasteiger partial charge is 0.496 e. The Balaban J connectivity index is 0.000000180. The quantitative estimate of drug-likeness (QED) is 0.127. The number of nitrogens with zero attached hydrogens (tertiary/aromatic N) is 10. The normalized spacial score (nSPS) is 14.4. The first kappa shape index (κ1) is 42.8. The van der Waals surface area contributed by atoms with Crippen LogP contribution in [0.5, 0.6) is 23.0 Å². The number of methoxy groups -OCH3 is 2. The number of aromatic nitrogens is 8. The molecule has 0 aliphatic carbocycles. The van der Waals surface area contributed by atoms with Gasteiger partial charge in [-0.25, -0.2) is 9.97 Å². The summed E-state index contributed by atoms with van der Waals surface area (Å²) < 4.78 is 25.7. The molecule has 0 spiro atoms. The highest BCUT2D eigenvalue weighted by Gasteiger charge is 2.34. The predicted molar refractivity (Wildman–Crippen MR) is 230 cm³/mol. The molecule has 0 bridgehead atoms. The lowest BCUT2D eigenvalue weighted by Gasteiger charge is -2.40. The SMILES string of the molecule is C.CN1c2nc(Cl)ncc2OCC1(C)C.COc1cc(N)ccc1-c1cnn(C)c1.COc1cc(Nc2ncc3c(n2)N(C)C(C)(C)CO3)ccc1-c1cnn(C)c1. The second kappa shape index (κ2) is 17.5. The van der Waals surface area contributed by atoms with Crippen LogP contribution in [0.2, 0.25) is 5.28 Å². The van der Waals surface area contributed by atoms with E-state index in [0.717, 1.165) is 51.1 Å². The molecule has 0 saturated carbocycles. The van der Waals surface area contributed by atoms with Crippen molar-refractivity contribution in [2.75, 3.05) is 62.4 Å². The number of likely N-dealkylation sites (N-methyl/N-ethyl adjacent to an activating group) is 2. The van der Waals surface area contributed by atoms with E-state index in [1.165, 1.54) is 0 Å². The summed E-state index contributed by atoms with van der Waals surface area (Å²) >= 11 is 5.73. The van der Waals surface area contributed by atoms with Gasteiger partial charge in [0.1, 0.15) is 24.7 Å². The van der Waals surface area contributed by atoms with Crippen LogP contribution >= 0.6 is 11.6 Å². The second-order valence-corrected chi connectivity index (χ2v) is 15.2. The highest BCUT2D eigenvalue weighted by Crippen LogP contribution is 2.38. The molecular weight excluding hydrogens is 760 g/mol. The Labute approximate surface area is 344 Å². The van der Waals surface area contributed by atoms with E-state index in [1.54, 1.807) is 42.2 Å². The molecule has 0 amide bonds. The zero-order valence-corrected chi connectivity index (χ0v) is 34.7. The van der Waals surface area contributed by atoms with Gasteiger partial charge in [-0.15, -0.1) is 0 Å². The van der Waals surface area contributed by atoms with Crippen LogP contribution in [-0.4, -0.2) is 92.1 Å². The van der Waals surface area contributed by atoms with Crippen LogP contribution in [0.4, 0.5) is 29.0 Å². The molecule has 0 unspecified atom stereocenters. The van der Waals surface area contributed by atoms with Gasteiger partial charge in [0.15, 0.2) is 23.1 Å². The number of fused-ring (bicyclic) bond motifs is 2. The van der Waals surface area contributed by atoms with Crippen molar-refractivity contribution in [1.82, 2.24) is 39.5 Å². The molecule has 0 saturated heterocycles. The Morgan fingerprint density at radius 2 is 1.21 bits per heavy atom. The fourth-order valence-corrected chi connectivity index (χ4v) is 6.06. The van der Waals surface area contributed by atoms with Gasteiger partial charge < -0.3 is 39.8 Å². The minimum absolute atomic E-state index is 0. The molecule has 308 valence electrons. The minimum atomic E-state index is -0.132. The number of benzene rings is 2. The van der Waals surface area contributed by atoms with E-state index in [0.29, 0.717) is 36.3 Å². The standard InChI is InChI=1S/C20H24N6O2.C11H13N3O.C9H12ClN3O.CH4/c1-20(2)12-28-17-10-21-19(24-18(17)26(20)4)23-14-6-7-15(16(8-14)27-5)13-9-22-25(3)11-13;1-14-7-8(6-13-14)10-4-3-9(12)5-11(10)15-2;1-9(2)5-14-6-4-11-8(10)12-7(6)13(9)3;/h6-11H,12H2,1-5H3,(H,21,23,24);3-7H,12H2,1-2H3;4H,5H2,1-3H3;1H4. The average molecular weight is 813 g/mol. The van der Waals surface area contributed by atoms with Crippen LogP contribution in [0, 0.1) is 0 Å². The first-order valence-corrected chi connectivity index (χ1v) is 18.5. The number of ether oxygens (including phenoxy) is 4. The van der Waals surface area contributed by atoms with E-state index in [2.05, 4.69) is 72.9 Å². The van der Waals surface area contributed by atoms with Gasteiger partial charge >= 0.3 is 0 Å². The van der Waals surface area contributed by atoms with Gasteiger partial charge in [0.2, 0.25) is 11.2 Å². The summed E-state index contributed by atoms with van der Waals surface area (Å²) in [6.45, 7) is 9.64. The topological polar surface area (TPSA) is 169 Å². The maximum atomic E-state index is 5.80. The number of hydrogen-bond acceptors (Lipinski definition) is 14. The minimum Gasteiger partial charge on any atom is -0.496 e. The van der Waals surface area contributed by atoms with Crippen LogP contribution in [0.1, 0.15) is 35.1 Å². The van der Waals surface area contributed by atoms with Gasteiger partial charge in [0.25, 0.3) is 0 Å². The number of nitrogen functional groups attached to an aromatic ring is 1. The van der Waals surface area contributed by atoms with Gasteiger partial charge in [-0.2, -0.15) is 20.2 Å². The van der Waals surface area contributed by atoms with E-state index in [9.17, 15) is 0 Å². The molecule has 6 aromatic rings. The van der Waals surface area contributed by atoms with Gasteiger partial charge in [0.05, 0.1) is 50.1 Å². The van der Waals surface area contributed by atoms with Crippen LogP contribution in [0.25, 0.3) is 22.3 Å². The summed E-state index contributed by atoms with van der Waals surface area (Å²) in [6, 6.07) is 11.5. The summed E-state index contributed by atoms with van der Waals surface area (Å²) in [4.78, 5) is 21.2. The lowest BCUT2D eigenvalue weighted by molar-refractivity contribution is 0.215. The third-order valence-electron chi connectivity index (χ3n) is 9.77. The Bertz CT molecular complexity index is 2340. The maximum absolute atomic E-state index is 5.80. The van der Waals surface area contributed by atoms with Crippen molar-refractivity contribution in [3.8, 4) is 45.3 Å². The molecule has 16 nitrogen and oxygen atoms in total. The fourth-order valence-electron chi connectivity index (χ4n) is 5.93. The van der Waals surface area contributed by atoms with Crippen molar-refractivity contribution in [3.05, 3.63) is 78.9 Å². The highest BCUT2D eigenvalue weighted by atomic mass is 35.5. The van der Waals surface area contributed by atoms with E-state index < -0.39 is 0 Å². The molecule has 3 N–H and O–H groups in total. The number of anilines is 5. The van der Waals surface area contributed by atoms with Crippen LogP contribution < -0.4 is 39.8 Å². The molecular formula is C41H53ClN12O4. The smallest absolute Gasteiger partial charge is 0.229 e. The van der Waals surface area contributed by atoms with Crippen molar-refractivity contribution in [2.24, 2.45) is 14.1 Å². The third kappa shape index (κ3) is 9.45. The first-order chi connectivity index (χ1) is 27.1. The van der Waals surface area contributed by atoms with E-state index >= 15 is 0 Å². The maximum Gasteiger partial charge on any atom is 0.229 e. The number of halogens is 1. The van der Waals surface area contributed by atoms with Gasteiger partial charge in [0, 0.05) is 86.3 Å². The molecule has 2 aliphatic rings. The van der Waals surface area contributed by atoms with Crippen molar-refractivity contribution >= 4 is 40.6 Å². The van der Waals surface area contributed by atoms with Crippen molar-refractivity contribution in [3.63, 3.8) is 0 Å². The predicted octanol–water partition coefficient (Wildman–Crippen LogP) is 7.29. The summed E-state index contributed by atoms with van der Waals surface area (Å²) in [5, 5.41) is 11.9. The van der Waals surface area contributed by atoms with Gasteiger partial charge in [-0.3, -0.25) is 9.36 Å². The van der Waals surface area contributed by atoms with Crippen LogP contribution in [0.3, 0.4) is 0 Å². The Morgan fingerprint density at radius 3 is 1.72 bits per heavy atom. The lowest BCUT2D eigenvalue weighted by atomic mass is 10.0. The Morgan fingerprint density at radius 1 is 0.707 bits per heavy atom. The molecule has 58 heavy (non-hydrogen) atoms. The zero-order chi connectivity index (χ0) is 41.1. The summed E-state index contributed by atoms with van der Waals surface area (Å²) in [5.41, 5.74) is 11.0. The third-order valence-corrected chi connectivity index (χ3v) is 9.95. The molecule has 2 aromatic carbocycles. The van der Waals surface area contributed by atoms with Gasteiger partial charge in [-0.05, 0) is 63.6 Å². The van der Waals surface area contributed by atoms with Crippen molar-refractivity contribution < 1.29 is 18.9 Å². The van der Waals surface area contributed by atoms with Crippen LogP contribution in [0.15, 0.2) is 73.6 Å². The summed E-state index contributed by atoms with van der Waals surface area (Å²) in [6.07, 6.45) is 10.8. The number of nitrogens with one attached hydrogen (secondary N) is 1. The monoisotopic (exact) mass is 812 g/mol. The summed E-state index contributed by atoms with van der Waals surface area (Å²) in [5.74, 6) is 4.92. The molecule has 17 heteroatoms. The molecule has 8 rings (SSSR count). The fraction of sp³-hybridized carbons (Fsp3) is 0.366. The molecule has 0 fully saturated rings. The lowest BCUT2D eigenvalue weighted by Crippen LogP contribution is -2.49. The summed E-state index contributed by atoms with van der Waals surface area (Å²) in [7, 11) is 11.1. The Kier molecular flexibility index (Phi) is 12.9. The number of nitrogens with two attached hydrogens (primary N) is 1. The van der Waals surface area contributed by atoms with Crippen molar-refractivity contribution in [1.29, 1.82) is 0 Å². The second-order valence-electron chi connectivity index (χ2n) is 14.8. The van der Waals surface area contributed by atoms with E-state index in [4.69, 9.17) is 36.3 Å². The molecule has 2 aliphatic heterocycles. The number of aryl methyl sites for hydroxylation is 2. The zero-order valence-electron chi connectivity index (χ0n) is 33.9. The molecule has 0 atom stereocenters. The number of rotatable bonds is 6. The van der Waals surface area contributed by atoms with E-state index in [-0.39, 0.29) is 23.8 Å². The van der Waals surface area contributed by atoms with E-state index in [1.807, 2.05) is 83.2 Å². The molecule has 4 aromatic heterocycles. The van der Waals surface area contributed by atoms with Crippen molar-refractivity contribution in [2.45, 2.75) is 46.2 Å². The Hall–Kier alpha value is -6.29. The number of hydrogen-bond donors (Lipinski definition) is 2. The molecule has 6 heterocycles. The van der Waals surface area contributed by atoms with Crippen LogP contribution in [-0.2, 0) is 14.1 Å². The first-order valence-electron chi connectivity index (χ1n) is 18.1. The van der Waals surface area contributed by atoms with Gasteiger partial charge in [-0.1, -0.05) is 7.43 Å².